The van der Waals surface area contributed by atoms with E-state index in [1.807, 2.05) is 26.0 Å². The molecule has 30 heavy (non-hydrogen) atoms. The summed E-state index contributed by atoms with van der Waals surface area (Å²) in [5.74, 6) is 1.51. The largest absolute Gasteiger partial charge is 0.467 e. The molecule has 1 aliphatic rings. The summed E-state index contributed by atoms with van der Waals surface area (Å²) in [4.78, 5) is 32.7. The number of nitrogens with one attached hydrogen (secondary N) is 1. The lowest BCUT2D eigenvalue weighted by Crippen LogP contribution is -2.33. The summed E-state index contributed by atoms with van der Waals surface area (Å²) >= 11 is 2.95. The molecule has 0 aromatic carbocycles. The number of fused-ring (bicyclic) bond motifs is 3. The highest BCUT2D eigenvalue weighted by atomic mass is 32.2. The van der Waals surface area contributed by atoms with Crippen LogP contribution in [0.4, 0.5) is 0 Å². The molecule has 4 rings (SSSR count). The van der Waals surface area contributed by atoms with Crippen molar-refractivity contribution in [2.75, 3.05) is 5.75 Å². The molecule has 160 valence electrons. The van der Waals surface area contributed by atoms with Gasteiger partial charge < -0.3 is 9.73 Å². The zero-order valence-electron chi connectivity index (χ0n) is 17.6. The van der Waals surface area contributed by atoms with Crippen molar-refractivity contribution in [2.24, 2.45) is 5.92 Å². The molecular weight excluding hydrogens is 418 g/mol. The Morgan fingerprint density at radius 3 is 3.07 bits per heavy atom. The summed E-state index contributed by atoms with van der Waals surface area (Å²) in [6, 6.07) is 3.79. The van der Waals surface area contributed by atoms with Crippen LogP contribution in [-0.4, -0.2) is 27.3 Å². The van der Waals surface area contributed by atoms with Gasteiger partial charge in [-0.1, -0.05) is 25.6 Å². The molecule has 0 spiro atoms. The van der Waals surface area contributed by atoms with Gasteiger partial charge in [-0.3, -0.25) is 14.2 Å². The number of thioether (sulfide) groups is 1. The Bertz CT molecular complexity index is 1100. The fraction of sp³-hybridized carbons (Fsp3) is 0.500. The first-order chi connectivity index (χ1) is 14.5. The van der Waals surface area contributed by atoms with Crippen LogP contribution in [0, 0.1) is 5.92 Å². The maximum Gasteiger partial charge on any atom is 0.263 e. The number of hydrogen-bond donors (Lipinski definition) is 1. The Hall–Kier alpha value is -2.06. The van der Waals surface area contributed by atoms with Gasteiger partial charge in [-0.25, -0.2) is 4.98 Å². The average molecular weight is 446 g/mol. The SMILES string of the molecule is CCC(C)NC(=O)CSc1nc2sc3c(c2c(=O)n1Cc1ccco1)CCC(C)C3. The van der Waals surface area contributed by atoms with Gasteiger partial charge in [-0.15, -0.1) is 11.3 Å². The van der Waals surface area contributed by atoms with Crippen molar-refractivity contribution >= 4 is 39.2 Å². The van der Waals surface area contributed by atoms with Gasteiger partial charge in [-0.2, -0.15) is 0 Å². The van der Waals surface area contributed by atoms with Crippen LogP contribution in [0.2, 0.25) is 0 Å². The highest BCUT2D eigenvalue weighted by Gasteiger charge is 2.25. The number of rotatable bonds is 7. The lowest BCUT2D eigenvalue weighted by molar-refractivity contribution is -0.119. The van der Waals surface area contributed by atoms with Crippen LogP contribution in [0.5, 0.6) is 0 Å². The van der Waals surface area contributed by atoms with Crippen molar-refractivity contribution in [1.82, 2.24) is 14.9 Å². The van der Waals surface area contributed by atoms with Crippen molar-refractivity contribution in [2.45, 2.75) is 64.2 Å². The van der Waals surface area contributed by atoms with Crippen molar-refractivity contribution in [3.63, 3.8) is 0 Å². The standard InChI is InChI=1S/C22H27N3O3S2/c1-4-14(3)23-18(26)12-29-22-24-20-19(16-8-7-13(2)10-17(16)30-20)21(27)25(22)11-15-6-5-9-28-15/h5-6,9,13-14H,4,7-8,10-12H2,1-3H3,(H,23,26). The molecule has 3 aromatic rings. The van der Waals surface area contributed by atoms with Gasteiger partial charge >= 0.3 is 0 Å². The number of aromatic nitrogens is 2. The van der Waals surface area contributed by atoms with Gasteiger partial charge in [-0.05, 0) is 56.2 Å². The number of carbonyl (C=O) groups is 1. The van der Waals surface area contributed by atoms with Crippen LogP contribution in [-0.2, 0) is 24.2 Å². The molecule has 0 saturated heterocycles. The molecule has 0 saturated carbocycles. The van der Waals surface area contributed by atoms with Crippen LogP contribution in [0.15, 0.2) is 32.8 Å². The van der Waals surface area contributed by atoms with Gasteiger partial charge in [0, 0.05) is 10.9 Å². The molecule has 0 fully saturated rings. The molecule has 0 radical (unpaired) electrons. The van der Waals surface area contributed by atoms with Crippen LogP contribution in [0.1, 0.15) is 49.8 Å². The minimum atomic E-state index is -0.0486. The lowest BCUT2D eigenvalue weighted by atomic mass is 9.89. The summed E-state index contributed by atoms with van der Waals surface area (Å²) in [7, 11) is 0. The zero-order valence-corrected chi connectivity index (χ0v) is 19.2. The molecule has 2 atom stereocenters. The molecule has 0 bridgehead atoms. The Labute approximate surface area is 184 Å². The van der Waals surface area contributed by atoms with Gasteiger partial charge in [0.15, 0.2) is 5.16 Å². The first kappa shape index (κ1) is 21.2. The molecular formula is C22H27N3O3S2. The monoisotopic (exact) mass is 445 g/mol. The zero-order chi connectivity index (χ0) is 21.3. The number of amides is 1. The maximum absolute atomic E-state index is 13.5. The molecule has 8 heteroatoms. The van der Waals surface area contributed by atoms with Crippen molar-refractivity contribution in [3.8, 4) is 0 Å². The number of thiophene rings is 1. The van der Waals surface area contributed by atoms with Gasteiger partial charge in [0.2, 0.25) is 5.91 Å². The second-order valence-electron chi connectivity index (χ2n) is 8.06. The average Bonchev–Trinajstić information content (AvgIpc) is 3.35. The molecule has 6 nitrogen and oxygen atoms in total. The lowest BCUT2D eigenvalue weighted by Gasteiger charge is -2.17. The van der Waals surface area contributed by atoms with Gasteiger partial charge in [0.25, 0.3) is 5.56 Å². The molecule has 3 heterocycles. The normalized spacial score (nSPS) is 17.1. The number of hydrogen-bond acceptors (Lipinski definition) is 6. The second-order valence-corrected chi connectivity index (χ2v) is 10.1. The van der Waals surface area contributed by atoms with E-state index in [2.05, 4.69) is 12.2 Å². The predicted molar refractivity (Wildman–Crippen MR) is 121 cm³/mol. The van der Waals surface area contributed by atoms with Gasteiger partial charge in [0.1, 0.15) is 10.6 Å². The van der Waals surface area contributed by atoms with E-state index >= 15 is 0 Å². The summed E-state index contributed by atoms with van der Waals surface area (Å²) in [5.41, 5.74) is 1.14. The number of aryl methyl sites for hydroxylation is 1. The number of nitrogens with zero attached hydrogens (tertiary/aromatic N) is 2. The van der Waals surface area contributed by atoms with Crippen molar-refractivity contribution in [1.29, 1.82) is 0 Å². The van der Waals surface area contributed by atoms with E-state index in [0.717, 1.165) is 35.9 Å². The van der Waals surface area contributed by atoms with Crippen molar-refractivity contribution < 1.29 is 9.21 Å². The topological polar surface area (TPSA) is 77.1 Å². The van der Waals surface area contributed by atoms with E-state index in [4.69, 9.17) is 9.40 Å². The van der Waals surface area contributed by atoms with Gasteiger partial charge in [0.05, 0.1) is 23.9 Å². The third-order valence-electron chi connectivity index (χ3n) is 5.63. The van der Waals surface area contributed by atoms with E-state index in [-0.39, 0.29) is 23.3 Å². The number of furan rings is 1. The smallest absolute Gasteiger partial charge is 0.263 e. The second kappa shape index (κ2) is 8.98. The number of carbonyl (C=O) groups excluding carboxylic acids is 1. The first-order valence-electron chi connectivity index (χ1n) is 10.5. The third-order valence-corrected chi connectivity index (χ3v) is 7.75. The first-order valence-corrected chi connectivity index (χ1v) is 12.3. The Balaban J connectivity index is 1.71. The fourth-order valence-electron chi connectivity index (χ4n) is 3.76. The quantitative estimate of drug-likeness (QED) is 0.435. The Kier molecular flexibility index (Phi) is 6.34. The molecule has 2 unspecified atom stereocenters. The highest BCUT2D eigenvalue weighted by molar-refractivity contribution is 7.99. The molecule has 0 aliphatic heterocycles. The Morgan fingerprint density at radius 1 is 1.50 bits per heavy atom. The Morgan fingerprint density at radius 2 is 2.33 bits per heavy atom. The fourth-order valence-corrected chi connectivity index (χ4v) is 6.00. The predicted octanol–water partition coefficient (Wildman–Crippen LogP) is 4.23. The maximum atomic E-state index is 13.5. The summed E-state index contributed by atoms with van der Waals surface area (Å²) in [5, 5.41) is 4.29. The minimum absolute atomic E-state index is 0.0340. The summed E-state index contributed by atoms with van der Waals surface area (Å²) in [6.07, 6.45) is 5.52. The third kappa shape index (κ3) is 4.34. The van der Waals surface area contributed by atoms with Crippen LogP contribution in [0.3, 0.4) is 0 Å². The molecule has 1 amide bonds. The van der Waals surface area contributed by atoms with E-state index < -0.39 is 0 Å². The minimum Gasteiger partial charge on any atom is -0.467 e. The van der Waals surface area contributed by atoms with E-state index in [1.165, 1.54) is 22.2 Å². The van der Waals surface area contributed by atoms with E-state index in [0.29, 0.717) is 23.4 Å². The van der Waals surface area contributed by atoms with Crippen molar-refractivity contribution in [3.05, 3.63) is 45.0 Å². The molecule has 3 aromatic heterocycles. The summed E-state index contributed by atoms with van der Waals surface area (Å²) in [6.45, 7) is 6.59. The molecule has 1 aliphatic carbocycles. The highest BCUT2D eigenvalue weighted by Crippen LogP contribution is 2.36. The van der Waals surface area contributed by atoms with E-state index in [1.54, 1.807) is 22.2 Å². The van der Waals surface area contributed by atoms with Crippen LogP contribution >= 0.6 is 23.1 Å². The summed E-state index contributed by atoms with van der Waals surface area (Å²) < 4.78 is 7.15. The van der Waals surface area contributed by atoms with E-state index in [9.17, 15) is 9.59 Å². The molecule has 1 N–H and O–H groups in total. The van der Waals surface area contributed by atoms with Crippen LogP contribution in [0.25, 0.3) is 10.2 Å². The van der Waals surface area contributed by atoms with Crippen LogP contribution < -0.4 is 10.9 Å².